The van der Waals surface area contributed by atoms with E-state index in [0.29, 0.717) is 19.4 Å². The predicted octanol–water partition coefficient (Wildman–Crippen LogP) is 2.85. The van der Waals surface area contributed by atoms with Gasteiger partial charge in [0.2, 0.25) is 0 Å². The fraction of sp³-hybridized carbons (Fsp3) is 0.588. The van der Waals surface area contributed by atoms with Crippen molar-refractivity contribution in [3.63, 3.8) is 0 Å². The smallest absolute Gasteiger partial charge is 0.315 e. The molecule has 3 N–H and O–H groups in total. The lowest BCUT2D eigenvalue weighted by atomic mass is 9.87. The Morgan fingerprint density at radius 3 is 2.64 bits per heavy atom. The Hall–Kier alpha value is -1.62. The second-order valence-corrected chi connectivity index (χ2v) is 6.78. The average Bonchev–Trinajstić information content (AvgIpc) is 2.34. The third-order valence-corrected chi connectivity index (χ3v) is 3.38. The molecule has 1 rings (SSSR count). The summed E-state index contributed by atoms with van der Waals surface area (Å²) in [5.41, 5.74) is 0.680. The van der Waals surface area contributed by atoms with Gasteiger partial charge in [-0.05, 0) is 49.8 Å². The number of benzene rings is 1. The van der Waals surface area contributed by atoms with Gasteiger partial charge in [-0.15, -0.1) is 0 Å². The highest BCUT2D eigenvalue weighted by Gasteiger charge is 2.21. The van der Waals surface area contributed by atoms with E-state index in [1.807, 2.05) is 26.8 Å². The number of rotatable bonds is 7. The molecular formula is C17H27FN2O2. The first-order valence-electron chi connectivity index (χ1n) is 7.65. The van der Waals surface area contributed by atoms with E-state index in [1.165, 1.54) is 12.1 Å². The van der Waals surface area contributed by atoms with Crippen LogP contribution in [0.3, 0.4) is 0 Å². The van der Waals surface area contributed by atoms with Gasteiger partial charge in [-0.25, -0.2) is 9.18 Å². The Kier molecular flexibility index (Phi) is 6.81. The standard InChI is InChI=1S/C17H27FN2O2/c1-12(8-14-6-5-7-15(18)9-14)20-16(22)19-11-17(3,4)10-13(2)21/h5-7,9,12-13,21H,8,10-11H2,1-4H3,(H2,19,20,22). The second-order valence-electron chi connectivity index (χ2n) is 6.78. The highest BCUT2D eigenvalue weighted by molar-refractivity contribution is 5.74. The molecule has 0 aliphatic heterocycles. The first-order chi connectivity index (χ1) is 10.2. The molecule has 2 unspecified atom stereocenters. The van der Waals surface area contributed by atoms with E-state index in [4.69, 9.17) is 0 Å². The van der Waals surface area contributed by atoms with Crippen molar-refractivity contribution in [3.05, 3.63) is 35.6 Å². The molecule has 2 amide bonds. The molecule has 1 aromatic carbocycles. The Morgan fingerprint density at radius 1 is 1.36 bits per heavy atom. The van der Waals surface area contributed by atoms with E-state index in [0.717, 1.165) is 5.56 Å². The van der Waals surface area contributed by atoms with Crippen LogP contribution in [0, 0.1) is 11.2 Å². The van der Waals surface area contributed by atoms with E-state index in [1.54, 1.807) is 13.0 Å². The van der Waals surface area contributed by atoms with E-state index < -0.39 is 6.10 Å². The van der Waals surface area contributed by atoms with Gasteiger partial charge < -0.3 is 15.7 Å². The van der Waals surface area contributed by atoms with Crippen LogP contribution in [0.25, 0.3) is 0 Å². The number of urea groups is 1. The first kappa shape index (κ1) is 18.4. The van der Waals surface area contributed by atoms with Gasteiger partial charge in [-0.2, -0.15) is 0 Å². The molecule has 4 nitrogen and oxygen atoms in total. The number of amides is 2. The molecule has 5 heteroatoms. The summed E-state index contributed by atoms with van der Waals surface area (Å²) in [5.74, 6) is -0.269. The second kappa shape index (κ2) is 8.13. The Balaban J connectivity index is 2.38. The molecule has 0 radical (unpaired) electrons. The van der Waals surface area contributed by atoms with Crippen molar-refractivity contribution < 1.29 is 14.3 Å². The van der Waals surface area contributed by atoms with Crippen LogP contribution in [0.2, 0.25) is 0 Å². The molecule has 0 fully saturated rings. The van der Waals surface area contributed by atoms with Crippen molar-refractivity contribution in [2.75, 3.05) is 6.54 Å². The molecule has 0 saturated carbocycles. The van der Waals surface area contributed by atoms with Crippen LogP contribution < -0.4 is 10.6 Å². The van der Waals surface area contributed by atoms with Gasteiger partial charge in [-0.1, -0.05) is 26.0 Å². The molecule has 0 aliphatic carbocycles. The zero-order valence-corrected chi connectivity index (χ0v) is 13.8. The molecule has 0 saturated heterocycles. The molecule has 1 aromatic rings. The number of aliphatic hydroxyl groups is 1. The van der Waals surface area contributed by atoms with Crippen molar-refractivity contribution in [2.45, 2.75) is 52.7 Å². The average molecular weight is 310 g/mol. The number of aliphatic hydroxyl groups excluding tert-OH is 1. The number of halogens is 1. The monoisotopic (exact) mass is 310 g/mol. The number of nitrogens with one attached hydrogen (secondary N) is 2. The summed E-state index contributed by atoms with van der Waals surface area (Å²) in [4.78, 5) is 11.9. The lowest BCUT2D eigenvalue weighted by Gasteiger charge is -2.26. The maximum atomic E-state index is 13.1. The minimum Gasteiger partial charge on any atom is -0.393 e. The largest absolute Gasteiger partial charge is 0.393 e. The number of hydrogen-bond donors (Lipinski definition) is 3. The molecule has 0 heterocycles. The Labute approximate surface area is 132 Å². The molecule has 0 bridgehead atoms. The Morgan fingerprint density at radius 2 is 2.05 bits per heavy atom. The first-order valence-corrected chi connectivity index (χ1v) is 7.65. The third-order valence-electron chi connectivity index (χ3n) is 3.38. The maximum Gasteiger partial charge on any atom is 0.315 e. The van der Waals surface area contributed by atoms with Crippen molar-refractivity contribution in [3.8, 4) is 0 Å². The van der Waals surface area contributed by atoms with E-state index in [2.05, 4.69) is 10.6 Å². The third kappa shape index (κ3) is 7.41. The normalized spacial score (nSPS) is 14.3. The van der Waals surface area contributed by atoms with Gasteiger partial charge in [-0.3, -0.25) is 0 Å². The van der Waals surface area contributed by atoms with Crippen molar-refractivity contribution >= 4 is 6.03 Å². The molecule has 0 spiro atoms. The topological polar surface area (TPSA) is 61.4 Å². The van der Waals surface area contributed by atoms with Gasteiger partial charge in [0.15, 0.2) is 0 Å². The van der Waals surface area contributed by atoms with E-state index in [9.17, 15) is 14.3 Å². The Bertz CT molecular complexity index is 489. The lowest BCUT2D eigenvalue weighted by Crippen LogP contribution is -2.45. The fourth-order valence-corrected chi connectivity index (χ4v) is 2.53. The minimum absolute atomic E-state index is 0.0957. The SMILES string of the molecule is CC(O)CC(C)(C)CNC(=O)NC(C)Cc1cccc(F)c1. The summed E-state index contributed by atoms with van der Waals surface area (Å²) < 4.78 is 13.1. The van der Waals surface area contributed by atoms with Crippen LogP contribution >= 0.6 is 0 Å². The fourth-order valence-electron chi connectivity index (χ4n) is 2.53. The number of hydrogen-bond acceptors (Lipinski definition) is 2. The van der Waals surface area contributed by atoms with Gasteiger partial charge in [0.05, 0.1) is 6.10 Å². The number of carbonyl (C=O) groups excluding carboxylic acids is 1. The van der Waals surface area contributed by atoms with Crippen LogP contribution in [0.1, 0.15) is 39.7 Å². The summed E-state index contributed by atoms with van der Waals surface area (Å²) in [6, 6.07) is 6.03. The summed E-state index contributed by atoms with van der Waals surface area (Å²) in [6.45, 7) is 8.09. The van der Waals surface area contributed by atoms with E-state index in [-0.39, 0.29) is 23.3 Å². The quantitative estimate of drug-likeness (QED) is 0.725. The zero-order chi connectivity index (χ0) is 16.8. The van der Waals surface area contributed by atoms with Gasteiger partial charge in [0.1, 0.15) is 5.82 Å². The van der Waals surface area contributed by atoms with Crippen molar-refractivity contribution in [2.24, 2.45) is 5.41 Å². The van der Waals surface area contributed by atoms with Gasteiger partial charge >= 0.3 is 6.03 Å². The molecule has 22 heavy (non-hydrogen) atoms. The van der Waals surface area contributed by atoms with Crippen LogP contribution in [0.4, 0.5) is 9.18 Å². The van der Waals surface area contributed by atoms with Crippen LogP contribution in [-0.2, 0) is 6.42 Å². The summed E-state index contributed by atoms with van der Waals surface area (Å²) in [7, 11) is 0. The summed E-state index contributed by atoms with van der Waals surface area (Å²) >= 11 is 0. The van der Waals surface area contributed by atoms with Gasteiger partial charge in [0.25, 0.3) is 0 Å². The van der Waals surface area contributed by atoms with Crippen molar-refractivity contribution in [1.29, 1.82) is 0 Å². The molecule has 0 aliphatic rings. The number of carbonyl (C=O) groups is 1. The highest BCUT2D eigenvalue weighted by Crippen LogP contribution is 2.20. The van der Waals surface area contributed by atoms with Crippen LogP contribution in [0.15, 0.2) is 24.3 Å². The van der Waals surface area contributed by atoms with Crippen LogP contribution in [0.5, 0.6) is 0 Å². The molecule has 2 atom stereocenters. The zero-order valence-electron chi connectivity index (χ0n) is 13.8. The van der Waals surface area contributed by atoms with E-state index >= 15 is 0 Å². The highest BCUT2D eigenvalue weighted by atomic mass is 19.1. The van der Waals surface area contributed by atoms with Crippen LogP contribution in [-0.4, -0.2) is 29.8 Å². The van der Waals surface area contributed by atoms with Crippen molar-refractivity contribution in [1.82, 2.24) is 10.6 Å². The maximum absolute atomic E-state index is 13.1. The molecular weight excluding hydrogens is 283 g/mol. The molecule has 0 aromatic heterocycles. The molecule has 124 valence electrons. The lowest BCUT2D eigenvalue weighted by molar-refractivity contribution is 0.128. The van der Waals surface area contributed by atoms with Gasteiger partial charge in [0, 0.05) is 12.6 Å². The summed E-state index contributed by atoms with van der Waals surface area (Å²) in [6.07, 6.45) is 0.792. The summed E-state index contributed by atoms with van der Waals surface area (Å²) in [5, 5.41) is 15.1. The minimum atomic E-state index is -0.397. The predicted molar refractivity (Wildman–Crippen MR) is 86.2 cm³/mol.